The molecule has 0 amide bonds. The van der Waals surface area contributed by atoms with E-state index in [9.17, 15) is 4.79 Å². The number of anilines is 1. The summed E-state index contributed by atoms with van der Waals surface area (Å²) in [6, 6.07) is 7.58. The summed E-state index contributed by atoms with van der Waals surface area (Å²) < 4.78 is 5.35. The van der Waals surface area contributed by atoms with Crippen LogP contribution in [0.15, 0.2) is 41.1 Å². The van der Waals surface area contributed by atoms with Crippen molar-refractivity contribution in [2.45, 2.75) is 6.92 Å². The van der Waals surface area contributed by atoms with E-state index in [1.165, 1.54) is 0 Å². The zero-order chi connectivity index (χ0) is 14.7. The molecule has 6 nitrogen and oxygen atoms in total. The second kappa shape index (κ2) is 5.72. The van der Waals surface area contributed by atoms with Gasteiger partial charge in [-0.1, -0.05) is 13.0 Å². The summed E-state index contributed by atoms with van der Waals surface area (Å²) >= 11 is 0. The first-order valence-electron chi connectivity index (χ1n) is 6.60. The van der Waals surface area contributed by atoms with Gasteiger partial charge in [-0.25, -0.2) is 10.4 Å². The third-order valence-corrected chi connectivity index (χ3v) is 2.99. The lowest BCUT2D eigenvalue weighted by atomic mass is 10.1. The van der Waals surface area contributed by atoms with Crippen molar-refractivity contribution < 1.29 is 9.21 Å². The van der Waals surface area contributed by atoms with Crippen LogP contribution in [0.3, 0.4) is 0 Å². The van der Waals surface area contributed by atoms with Crippen LogP contribution in [-0.4, -0.2) is 22.8 Å². The largest absolute Gasteiger partial charge is 0.434 e. The minimum Gasteiger partial charge on any atom is -0.434 e. The molecule has 0 atom stereocenters. The van der Waals surface area contributed by atoms with Crippen LogP contribution >= 0.6 is 0 Å². The maximum absolute atomic E-state index is 10.7. The van der Waals surface area contributed by atoms with E-state index in [2.05, 4.69) is 20.8 Å². The molecule has 0 aliphatic heterocycles. The molecule has 0 fully saturated rings. The van der Waals surface area contributed by atoms with Crippen LogP contribution in [0, 0.1) is 0 Å². The smallest absolute Gasteiger partial charge is 0.260 e. The van der Waals surface area contributed by atoms with Gasteiger partial charge in [-0.2, -0.15) is 0 Å². The van der Waals surface area contributed by atoms with Gasteiger partial charge in [0.05, 0.1) is 11.9 Å². The number of nitrogens with zero attached hydrogens (tertiary/aromatic N) is 2. The number of nitrogens with one attached hydrogen (secondary N) is 2. The van der Waals surface area contributed by atoms with Crippen molar-refractivity contribution in [1.82, 2.24) is 15.4 Å². The van der Waals surface area contributed by atoms with Gasteiger partial charge in [0.25, 0.3) is 5.89 Å². The SMILES string of the molecule is CCNNc1cncc(-c2ccc3nc(C=O)oc3c2)c1. The average molecular weight is 282 g/mol. The Hall–Kier alpha value is -2.73. The molecule has 0 spiro atoms. The number of carbonyl (C=O) groups excluding carboxylic acids is 1. The fourth-order valence-corrected chi connectivity index (χ4v) is 2.03. The lowest BCUT2D eigenvalue weighted by Crippen LogP contribution is -2.20. The number of aldehydes is 1. The Balaban J connectivity index is 1.97. The van der Waals surface area contributed by atoms with Crippen LogP contribution in [0.4, 0.5) is 5.69 Å². The summed E-state index contributed by atoms with van der Waals surface area (Å²) in [5, 5.41) is 0. The van der Waals surface area contributed by atoms with Crippen molar-refractivity contribution in [3.63, 3.8) is 0 Å². The fraction of sp³-hybridized carbons (Fsp3) is 0.133. The van der Waals surface area contributed by atoms with E-state index >= 15 is 0 Å². The summed E-state index contributed by atoms with van der Waals surface area (Å²) in [5.41, 5.74) is 10.1. The molecule has 0 unspecified atom stereocenters. The molecule has 0 saturated heterocycles. The van der Waals surface area contributed by atoms with Crippen LogP contribution in [0.2, 0.25) is 0 Å². The number of benzene rings is 1. The zero-order valence-corrected chi connectivity index (χ0v) is 11.5. The van der Waals surface area contributed by atoms with Gasteiger partial charge in [-0.15, -0.1) is 0 Å². The van der Waals surface area contributed by atoms with Gasteiger partial charge in [0.15, 0.2) is 5.58 Å². The van der Waals surface area contributed by atoms with Crippen LogP contribution in [0.25, 0.3) is 22.2 Å². The lowest BCUT2D eigenvalue weighted by Gasteiger charge is -2.07. The van der Waals surface area contributed by atoms with Gasteiger partial charge in [0.1, 0.15) is 5.52 Å². The Morgan fingerprint density at radius 1 is 1.24 bits per heavy atom. The van der Waals surface area contributed by atoms with E-state index < -0.39 is 0 Å². The van der Waals surface area contributed by atoms with Crippen molar-refractivity contribution >= 4 is 23.1 Å². The Morgan fingerprint density at radius 3 is 2.95 bits per heavy atom. The maximum Gasteiger partial charge on any atom is 0.260 e. The number of aromatic nitrogens is 2. The molecule has 2 aromatic heterocycles. The second-order valence-electron chi connectivity index (χ2n) is 4.47. The topological polar surface area (TPSA) is 80.0 Å². The van der Waals surface area contributed by atoms with Gasteiger partial charge >= 0.3 is 0 Å². The normalized spacial score (nSPS) is 10.7. The van der Waals surface area contributed by atoms with E-state index in [1.807, 2.05) is 31.2 Å². The molecule has 3 rings (SSSR count). The van der Waals surface area contributed by atoms with Gasteiger partial charge < -0.3 is 9.84 Å². The Labute approximate surface area is 121 Å². The molecule has 0 saturated carbocycles. The van der Waals surface area contributed by atoms with Crippen LogP contribution < -0.4 is 10.9 Å². The van der Waals surface area contributed by atoms with E-state index in [0.717, 1.165) is 23.4 Å². The second-order valence-corrected chi connectivity index (χ2v) is 4.47. The molecule has 3 aromatic rings. The van der Waals surface area contributed by atoms with E-state index in [0.29, 0.717) is 17.4 Å². The van der Waals surface area contributed by atoms with Crippen LogP contribution in [0.5, 0.6) is 0 Å². The first-order chi connectivity index (χ1) is 10.3. The number of rotatable bonds is 5. The summed E-state index contributed by atoms with van der Waals surface area (Å²) in [7, 11) is 0. The van der Waals surface area contributed by atoms with Crippen molar-refractivity contribution in [2.24, 2.45) is 0 Å². The third kappa shape index (κ3) is 2.75. The van der Waals surface area contributed by atoms with Crippen LogP contribution in [-0.2, 0) is 0 Å². The van der Waals surface area contributed by atoms with Gasteiger partial charge in [-0.05, 0) is 23.8 Å². The average Bonchev–Trinajstić information content (AvgIpc) is 2.95. The van der Waals surface area contributed by atoms with E-state index in [-0.39, 0.29) is 5.89 Å². The maximum atomic E-state index is 10.7. The lowest BCUT2D eigenvalue weighted by molar-refractivity contribution is 0.109. The molecule has 106 valence electrons. The summed E-state index contributed by atoms with van der Waals surface area (Å²) in [4.78, 5) is 19.0. The monoisotopic (exact) mass is 282 g/mol. The molecule has 2 N–H and O–H groups in total. The summed E-state index contributed by atoms with van der Waals surface area (Å²) in [6.07, 6.45) is 4.11. The van der Waals surface area contributed by atoms with Gasteiger partial charge in [0, 0.05) is 18.3 Å². The molecular weight excluding hydrogens is 268 g/mol. The first kappa shape index (κ1) is 13.3. The highest BCUT2D eigenvalue weighted by atomic mass is 16.4. The van der Waals surface area contributed by atoms with E-state index in [1.54, 1.807) is 12.4 Å². The highest BCUT2D eigenvalue weighted by Gasteiger charge is 2.07. The molecule has 1 aromatic carbocycles. The number of fused-ring (bicyclic) bond motifs is 1. The van der Waals surface area contributed by atoms with Gasteiger partial charge in [-0.3, -0.25) is 9.78 Å². The molecule has 2 heterocycles. The number of hydrogen-bond donors (Lipinski definition) is 2. The molecule has 6 heteroatoms. The quantitative estimate of drug-likeness (QED) is 0.553. The Kier molecular flexibility index (Phi) is 3.61. The van der Waals surface area contributed by atoms with Crippen molar-refractivity contribution in [1.29, 1.82) is 0 Å². The summed E-state index contributed by atoms with van der Waals surface area (Å²) in [5.74, 6) is 0.0860. The predicted molar refractivity (Wildman–Crippen MR) is 79.9 cm³/mol. The minimum absolute atomic E-state index is 0.0860. The number of hydrazine groups is 1. The van der Waals surface area contributed by atoms with Crippen molar-refractivity contribution in [3.05, 3.63) is 42.5 Å². The number of carbonyl (C=O) groups is 1. The highest BCUT2D eigenvalue weighted by Crippen LogP contribution is 2.25. The number of oxazole rings is 1. The summed E-state index contributed by atoms with van der Waals surface area (Å²) in [6.45, 7) is 2.81. The van der Waals surface area contributed by atoms with Crippen LogP contribution in [0.1, 0.15) is 17.6 Å². The third-order valence-electron chi connectivity index (χ3n) is 2.99. The molecule has 0 aliphatic carbocycles. The van der Waals surface area contributed by atoms with Gasteiger partial charge in [0.2, 0.25) is 6.29 Å². The first-order valence-corrected chi connectivity index (χ1v) is 6.60. The highest BCUT2D eigenvalue weighted by molar-refractivity contribution is 5.83. The van der Waals surface area contributed by atoms with Crippen molar-refractivity contribution in [2.75, 3.05) is 12.0 Å². The molecule has 0 aliphatic rings. The predicted octanol–water partition coefficient (Wildman–Crippen LogP) is 2.64. The standard InChI is InChI=1S/C15H14N4O2/c1-2-17-19-12-5-11(7-16-8-12)10-3-4-13-14(6-10)21-15(9-20)18-13/h3-9,17,19H,2H2,1H3. The van der Waals surface area contributed by atoms with E-state index in [4.69, 9.17) is 4.42 Å². The fourth-order valence-electron chi connectivity index (χ4n) is 2.03. The number of pyridine rings is 1. The van der Waals surface area contributed by atoms with Crippen molar-refractivity contribution in [3.8, 4) is 11.1 Å². The molecule has 0 bridgehead atoms. The molecule has 0 radical (unpaired) electrons. The molecular formula is C15H14N4O2. The Morgan fingerprint density at radius 2 is 2.14 bits per heavy atom. The number of hydrogen-bond acceptors (Lipinski definition) is 6. The zero-order valence-electron chi connectivity index (χ0n) is 11.5. The molecule has 21 heavy (non-hydrogen) atoms. The minimum atomic E-state index is 0.0860. The Bertz CT molecular complexity index is 782.